The van der Waals surface area contributed by atoms with Gasteiger partial charge in [0.15, 0.2) is 0 Å². The van der Waals surface area contributed by atoms with Crippen LogP contribution < -0.4 is 15.8 Å². The van der Waals surface area contributed by atoms with Gasteiger partial charge in [0.1, 0.15) is 5.75 Å². The lowest BCUT2D eigenvalue weighted by atomic mass is 10.0. The van der Waals surface area contributed by atoms with Crippen LogP contribution in [0, 0.1) is 5.92 Å². The summed E-state index contributed by atoms with van der Waals surface area (Å²) in [6, 6.07) is 9.66. The van der Waals surface area contributed by atoms with Crippen LogP contribution in [0.4, 0.5) is 5.69 Å². The first-order valence-electron chi connectivity index (χ1n) is 8.29. The molecule has 1 aromatic heterocycles. The fourth-order valence-corrected chi connectivity index (χ4v) is 2.70. The zero-order valence-electron chi connectivity index (χ0n) is 15.4. The second-order valence-corrected chi connectivity index (χ2v) is 6.52. The maximum Gasteiger partial charge on any atom is 0.248 e. The third kappa shape index (κ3) is 5.03. The molecule has 2 rings (SSSR count). The summed E-state index contributed by atoms with van der Waals surface area (Å²) in [6.07, 6.45) is 1.53. The molecule has 0 aliphatic carbocycles. The van der Waals surface area contributed by atoms with Crippen LogP contribution in [0.25, 0.3) is 0 Å². The van der Waals surface area contributed by atoms with E-state index in [4.69, 9.17) is 10.5 Å². The molecule has 0 bridgehead atoms. The minimum atomic E-state index is -0.526. The Morgan fingerprint density at radius 1 is 1.19 bits per heavy atom. The zero-order valence-corrected chi connectivity index (χ0v) is 15.4. The number of anilines is 1. The Kier molecular flexibility index (Phi) is 6.30. The number of nitrogens with zero attached hydrogens (tertiary/aromatic N) is 2. The van der Waals surface area contributed by atoms with Crippen LogP contribution in [0.15, 0.2) is 42.6 Å². The first-order valence-corrected chi connectivity index (χ1v) is 8.29. The number of rotatable bonds is 7. The van der Waals surface area contributed by atoms with Crippen LogP contribution in [0.5, 0.6) is 11.6 Å². The predicted octanol–water partition coefficient (Wildman–Crippen LogP) is 2.50. The minimum absolute atomic E-state index is 0.0883. The number of aromatic nitrogens is 1. The summed E-state index contributed by atoms with van der Waals surface area (Å²) in [6.45, 7) is 4.00. The first-order chi connectivity index (χ1) is 12.3. The molecule has 7 heteroatoms. The van der Waals surface area contributed by atoms with Crippen molar-refractivity contribution >= 4 is 17.5 Å². The van der Waals surface area contributed by atoms with E-state index in [2.05, 4.69) is 10.3 Å². The van der Waals surface area contributed by atoms with Crippen LogP contribution >= 0.6 is 0 Å². The van der Waals surface area contributed by atoms with Gasteiger partial charge in [-0.1, -0.05) is 19.9 Å². The van der Waals surface area contributed by atoms with Crippen LogP contribution in [-0.4, -0.2) is 41.8 Å². The Morgan fingerprint density at radius 2 is 1.92 bits per heavy atom. The van der Waals surface area contributed by atoms with Gasteiger partial charge in [0, 0.05) is 11.6 Å². The average molecular weight is 356 g/mol. The third-order valence-electron chi connectivity index (χ3n) is 3.80. The number of likely N-dealkylation sites (N-methyl/N-ethyl adjacent to an activating group) is 1. The Morgan fingerprint density at radius 3 is 2.46 bits per heavy atom. The van der Waals surface area contributed by atoms with Gasteiger partial charge in [-0.2, -0.15) is 0 Å². The number of nitrogens with two attached hydrogens (primary N) is 1. The Balaban J connectivity index is 2.05. The maximum absolute atomic E-state index is 12.4. The Labute approximate surface area is 153 Å². The molecule has 26 heavy (non-hydrogen) atoms. The molecular formula is C19H24N4O3. The number of amides is 2. The van der Waals surface area contributed by atoms with Crippen molar-refractivity contribution in [3.05, 3.63) is 48.2 Å². The summed E-state index contributed by atoms with van der Waals surface area (Å²) in [5, 5.41) is 2.86. The summed E-state index contributed by atoms with van der Waals surface area (Å²) in [5.41, 5.74) is 6.20. The molecule has 1 atom stereocenters. The highest BCUT2D eigenvalue weighted by molar-refractivity contribution is 5.95. The molecule has 0 unspecified atom stereocenters. The topological polar surface area (TPSA) is 97.5 Å². The number of primary amides is 1. The molecule has 138 valence electrons. The van der Waals surface area contributed by atoms with Crippen molar-refractivity contribution in [2.75, 3.05) is 19.4 Å². The molecule has 0 aliphatic heterocycles. The Bertz CT molecular complexity index is 765. The lowest BCUT2D eigenvalue weighted by Crippen LogP contribution is -2.43. The number of nitrogens with one attached hydrogen (secondary N) is 1. The number of benzene rings is 1. The van der Waals surface area contributed by atoms with Crippen molar-refractivity contribution in [3.8, 4) is 11.6 Å². The monoisotopic (exact) mass is 356 g/mol. The van der Waals surface area contributed by atoms with Crippen molar-refractivity contribution in [2.45, 2.75) is 19.9 Å². The Hall–Kier alpha value is -2.93. The molecule has 0 saturated carbocycles. The molecule has 2 aromatic rings. The van der Waals surface area contributed by atoms with Crippen LogP contribution in [0.1, 0.15) is 24.2 Å². The van der Waals surface area contributed by atoms with Gasteiger partial charge >= 0.3 is 0 Å². The standard InChI is InChI=1S/C19H24N4O3/c1-12(2)17(23(3)4)19(25)22-14-8-9-16(21-11-14)26-15-7-5-6-13(10-15)18(20)24/h5-12,17H,1-4H3,(H2,20,24)(H,22,25)/t17-/m1/s1. The first kappa shape index (κ1) is 19.4. The van der Waals surface area contributed by atoms with Crippen molar-refractivity contribution in [2.24, 2.45) is 11.7 Å². The van der Waals surface area contributed by atoms with E-state index in [0.717, 1.165) is 0 Å². The van der Waals surface area contributed by atoms with Crippen LogP contribution in [0.2, 0.25) is 0 Å². The highest BCUT2D eigenvalue weighted by atomic mass is 16.5. The van der Waals surface area contributed by atoms with E-state index >= 15 is 0 Å². The third-order valence-corrected chi connectivity index (χ3v) is 3.80. The summed E-state index contributed by atoms with van der Waals surface area (Å²) >= 11 is 0. The van der Waals surface area contributed by atoms with E-state index in [1.54, 1.807) is 36.4 Å². The molecule has 0 fully saturated rings. The maximum atomic E-state index is 12.4. The molecular weight excluding hydrogens is 332 g/mol. The largest absolute Gasteiger partial charge is 0.439 e. The second kappa shape index (κ2) is 8.44. The number of hydrogen-bond donors (Lipinski definition) is 2. The predicted molar refractivity (Wildman–Crippen MR) is 100 cm³/mol. The summed E-state index contributed by atoms with van der Waals surface area (Å²) in [4.78, 5) is 29.7. The van der Waals surface area contributed by atoms with E-state index in [9.17, 15) is 9.59 Å². The van der Waals surface area contributed by atoms with Crippen molar-refractivity contribution in [3.63, 3.8) is 0 Å². The molecule has 0 radical (unpaired) electrons. The second-order valence-electron chi connectivity index (χ2n) is 6.52. The van der Waals surface area contributed by atoms with Gasteiger partial charge in [0.25, 0.3) is 0 Å². The number of pyridine rings is 1. The minimum Gasteiger partial charge on any atom is -0.439 e. The molecule has 1 heterocycles. The van der Waals surface area contributed by atoms with Crippen LogP contribution in [0.3, 0.4) is 0 Å². The fraction of sp³-hybridized carbons (Fsp3) is 0.316. The molecule has 2 amide bonds. The van der Waals surface area contributed by atoms with Gasteiger partial charge in [-0.3, -0.25) is 14.5 Å². The van der Waals surface area contributed by atoms with E-state index in [1.165, 1.54) is 6.20 Å². The number of carbonyl (C=O) groups excluding carboxylic acids is 2. The normalized spacial score (nSPS) is 12.1. The quantitative estimate of drug-likeness (QED) is 0.794. The number of ether oxygens (including phenoxy) is 1. The van der Waals surface area contributed by atoms with Gasteiger partial charge in [0.05, 0.1) is 17.9 Å². The lowest BCUT2D eigenvalue weighted by molar-refractivity contribution is -0.121. The van der Waals surface area contributed by atoms with Gasteiger partial charge < -0.3 is 15.8 Å². The summed E-state index contributed by atoms with van der Waals surface area (Å²) in [5.74, 6) is 0.366. The van der Waals surface area contributed by atoms with Crippen molar-refractivity contribution in [1.82, 2.24) is 9.88 Å². The van der Waals surface area contributed by atoms with E-state index in [-0.39, 0.29) is 17.9 Å². The molecule has 0 spiro atoms. The van der Waals surface area contributed by atoms with Gasteiger partial charge in [-0.15, -0.1) is 0 Å². The molecule has 0 aliphatic rings. The fourth-order valence-electron chi connectivity index (χ4n) is 2.70. The van der Waals surface area contributed by atoms with Crippen molar-refractivity contribution in [1.29, 1.82) is 0 Å². The molecule has 7 nitrogen and oxygen atoms in total. The van der Waals surface area contributed by atoms with Crippen LogP contribution in [-0.2, 0) is 4.79 Å². The van der Waals surface area contributed by atoms with E-state index < -0.39 is 5.91 Å². The smallest absolute Gasteiger partial charge is 0.248 e. The summed E-state index contributed by atoms with van der Waals surface area (Å²) < 4.78 is 5.61. The van der Waals surface area contributed by atoms with E-state index in [1.807, 2.05) is 32.8 Å². The molecule has 0 saturated heterocycles. The lowest BCUT2D eigenvalue weighted by Gasteiger charge is -2.26. The molecule has 1 aromatic carbocycles. The van der Waals surface area contributed by atoms with Gasteiger partial charge in [-0.05, 0) is 44.3 Å². The average Bonchev–Trinajstić information content (AvgIpc) is 2.56. The highest BCUT2D eigenvalue weighted by Gasteiger charge is 2.24. The summed E-state index contributed by atoms with van der Waals surface area (Å²) in [7, 11) is 3.75. The zero-order chi connectivity index (χ0) is 19.3. The van der Waals surface area contributed by atoms with Gasteiger partial charge in [-0.25, -0.2) is 4.98 Å². The number of hydrogen-bond acceptors (Lipinski definition) is 5. The van der Waals surface area contributed by atoms with Gasteiger partial charge in [0.2, 0.25) is 17.7 Å². The van der Waals surface area contributed by atoms with E-state index in [0.29, 0.717) is 22.9 Å². The number of carbonyl (C=O) groups is 2. The van der Waals surface area contributed by atoms with Crippen molar-refractivity contribution < 1.29 is 14.3 Å². The highest BCUT2D eigenvalue weighted by Crippen LogP contribution is 2.22. The molecule has 3 N–H and O–H groups in total. The SMILES string of the molecule is CC(C)[C@H](C(=O)Nc1ccc(Oc2cccc(C(N)=O)c2)nc1)N(C)C.